The van der Waals surface area contributed by atoms with E-state index in [9.17, 15) is 4.79 Å². The van der Waals surface area contributed by atoms with Crippen LogP contribution in [-0.4, -0.2) is 16.6 Å². The molecule has 1 N–H and O–H groups in total. The molecule has 0 saturated carbocycles. The van der Waals surface area contributed by atoms with E-state index in [1.54, 1.807) is 0 Å². The molecule has 0 fully saturated rings. The molecule has 1 aromatic heterocycles. The third kappa shape index (κ3) is 2.80. The molecule has 4 nitrogen and oxygen atoms in total. The number of aromatic amines is 1. The molecular weight excluding hydrogens is 228 g/mol. The topological polar surface area (TPSA) is 55.0 Å². The molecule has 18 heavy (non-hydrogen) atoms. The van der Waals surface area contributed by atoms with Crippen molar-refractivity contribution in [1.82, 2.24) is 9.97 Å². The highest BCUT2D eigenvalue weighted by molar-refractivity contribution is 5.21. The van der Waals surface area contributed by atoms with E-state index in [4.69, 9.17) is 4.74 Å². The largest absolute Gasteiger partial charge is 0.368 e. The van der Waals surface area contributed by atoms with Gasteiger partial charge < -0.3 is 9.72 Å². The van der Waals surface area contributed by atoms with E-state index >= 15 is 0 Å². The number of hydrogen-bond donors (Lipinski definition) is 1. The molecule has 0 amide bonds. The number of nitrogens with one attached hydrogen (secondary N) is 1. The molecule has 0 radical (unpaired) electrons. The van der Waals surface area contributed by atoms with Crippen molar-refractivity contribution in [1.29, 1.82) is 0 Å². The molecule has 0 aliphatic carbocycles. The van der Waals surface area contributed by atoms with Crippen LogP contribution in [0.15, 0.2) is 4.79 Å². The van der Waals surface area contributed by atoms with Crippen molar-refractivity contribution in [2.24, 2.45) is 0 Å². The zero-order valence-electron chi connectivity index (χ0n) is 12.3. The second kappa shape index (κ2) is 5.65. The Bertz CT molecular complexity index is 465. The van der Waals surface area contributed by atoms with E-state index in [1.165, 1.54) is 0 Å². The summed E-state index contributed by atoms with van der Waals surface area (Å²) in [7, 11) is 0. The first-order chi connectivity index (χ1) is 8.35. The second-order valence-corrected chi connectivity index (χ2v) is 5.09. The summed E-state index contributed by atoms with van der Waals surface area (Å²) in [6.45, 7) is 12.4. The quantitative estimate of drug-likeness (QED) is 0.876. The Balaban J connectivity index is 3.33. The van der Waals surface area contributed by atoms with Gasteiger partial charge >= 0.3 is 0 Å². The summed E-state index contributed by atoms with van der Waals surface area (Å²) in [5, 5.41) is 0. The fraction of sp³-hybridized carbons (Fsp3) is 0.714. The Morgan fingerprint density at radius 1 is 1.39 bits per heavy atom. The molecule has 1 heterocycles. The van der Waals surface area contributed by atoms with Gasteiger partial charge in [0.25, 0.3) is 5.56 Å². The van der Waals surface area contributed by atoms with Crippen LogP contribution in [0.1, 0.15) is 64.0 Å². The number of ether oxygens (including phenoxy) is 1. The van der Waals surface area contributed by atoms with Crippen LogP contribution in [-0.2, 0) is 10.3 Å². The van der Waals surface area contributed by atoms with Gasteiger partial charge in [-0.3, -0.25) is 4.79 Å². The summed E-state index contributed by atoms with van der Waals surface area (Å²) in [6.07, 6.45) is 0.768. The van der Waals surface area contributed by atoms with Crippen LogP contribution in [0.3, 0.4) is 0 Å². The molecule has 0 bridgehead atoms. The summed E-state index contributed by atoms with van der Waals surface area (Å²) < 4.78 is 5.74. The van der Waals surface area contributed by atoms with Gasteiger partial charge in [-0.1, -0.05) is 20.8 Å². The van der Waals surface area contributed by atoms with E-state index in [-0.39, 0.29) is 11.5 Å². The molecule has 102 valence electrons. The van der Waals surface area contributed by atoms with Crippen LogP contribution in [0.2, 0.25) is 0 Å². The lowest BCUT2D eigenvalue weighted by Gasteiger charge is -2.27. The summed E-state index contributed by atoms with van der Waals surface area (Å²) in [4.78, 5) is 19.5. The first kappa shape index (κ1) is 14.9. The van der Waals surface area contributed by atoms with Crippen molar-refractivity contribution >= 4 is 0 Å². The van der Waals surface area contributed by atoms with Crippen molar-refractivity contribution < 1.29 is 4.74 Å². The van der Waals surface area contributed by atoms with Crippen LogP contribution < -0.4 is 5.56 Å². The van der Waals surface area contributed by atoms with Crippen LogP contribution in [0.25, 0.3) is 0 Å². The Morgan fingerprint density at radius 3 is 2.39 bits per heavy atom. The van der Waals surface area contributed by atoms with Gasteiger partial charge in [-0.05, 0) is 33.1 Å². The molecule has 1 atom stereocenters. The molecule has 1 rings (SSSR count). The number of rotatable bonds is 5. The summed E-state index contributed by atoms with van der Waals surface area (Å²) in [6, 6.07) is 0. The van der Waals surface area contributed by atoms with Crippen molar-refractivity contribution in [3.8, 4) is 0 Å². The zero-order valence-corrected chi connectivity index (χ0v) is 12.3. The molecule has 4 heteroatoms. The number of aromatic nitrogens is 2. The number of aryl methyl sites for hydroxylation is 1. The second-order valence-electron chi connectivity index (χ2n) is 5.09. The van der Waals surface area contributed by atoms with Crippen molar-refractivity contribution in [3.05, 3.63) is 27.4 Å². The molecule has 1 unspecified atom stereocenters. The Kier molecular flexibility index (Phi) is 4.68. The van der Waals surface area contributed by atoms with Gasteiger partial charge in [0, 0.05) is 17.9 Å². The summed E-state index contributed by atoms with van der Waals surface area (Å²) in [5.74, 6) is 0.800. The van der Waals surface area contributed by atoms with Crippen LogP contribution in [0.5, 0.6) is 0 Å². The van der Waals surface area contributed by atoms with Gasteiger partial charge in [0.1, 0.15) is 11.4 Å². The highest BCUT2D eigenvalue weighted by Gasteiger charge is 2.29. The minimum Gasteiger partial charge on any atom is -0.368 e. The van der Waals surface area contributed by atoms with Crippen molar-refractivity contribution in [3.63, 3.8) is 0 Å². The average Bonchev–Trinajstić information content (AvgIpc) is 2.27. The maximum absolute atomic E-state index is 12.1. The maximum Gasteiger partial charge on any atom is 0.254 e. The van der Waals surface area contributed by atoms with E-state index in [0.29, 0.717) is 12.4 Å². The molecule has 0 aliphatic heterocycles. The standard InChI is InChI=1S/C14H24N2O2/c1-7-14(6,18-8-2)13-15-10(5)11(9(3)4)12(17)16-13/h9H,7-8H2,1-6H3,(H,15,16,17). The summed E-state index contributed by atoms with van der Waals surface area (Å²) >= 11 is 0. The van der Waals surface area contributed by atoms with E-state index in [2.05, 4.69) is 9.97 Å². The molecule has 0 aromatic carbocycles. The Hall–Kier alpha value is -1.16. The van der Waals surface area contributed by atoms with Crippen LogP contribution in [0.4, 0.5) is 0 Å². The first-order valence-corrected chi connectivity index (χ1v) is 6.61. The van der Waals surface area contributed by atoms with Crippen LogP contribution in [0, 0.1) is 6.92 Å². The van der Waals surface area contributed by atoms with Gasteiger partial charge in [-0.15, -0.1) is 0 Å². The monoisotopic (exact) mass is 252 g/mol. The number of nitrogens with zero attached hydrogens (tertiary/aromatic N) is 1. The smallest absolute Gasteiger partial charge is 0.254 e. The third-order valence-corrected chi connectivity index (χ3v) is 3.36. The Morgan fingerprint density at radius 2 is 2.00 bits per heavy atom. The number of hydrogen-bond acceptors (Lipinski definition) is 3. The van der Waals surface area contributed by atoms with E-state index in [0.717, 1.165) is 17.7 Å². The van der Waals surface area contributed by atoms with E-state index in [1.807, 2.05) is 41.5 Å². The predicted octanol–water partition coefficient (Wildman–Crippen LogP) is 2.86. The molecule has 1 aromatic rings. The maximum atomic E-state index is 12.1. The molecule has 0 aliphatic rings. The van der Waals surface area contributed by atoms with Crippen molar-refractivity contribution in [2.75, 3.05) is 6.61 Å². The lowest BCUT2D eigenvalue weighted by molar-refractivity contribution is -0.0393. The highest BCUT2D eigenvalue weighted by atomic mass is 16.5. The minimum absolute atomic E-state index is 0.0492. The van der Waals surface area contributed by atoms with Gasteiger partial charge in [0.05, 0.1) is 0 Å². The fourth-order valence-electron chi connectivity index (χ4n) is 2.18. The van der Waals surface area contributed by atoms with Gasteiger partial charge in [-0.25, -0.2) is 4.98 Å². The van der Waals surface area contributed by atoms with E-state index < -0.39 is 5.60 Å². The van der Waals surface area contributed by atoms with Gasteiger partial charge in [-0.2, -0.15) is 0 Å². The lowest BCUT2D eigenvalue weighted by atomic mass is 9.99. The SMILES string of the molecule is CCOC(C)(CC)c1nc(C)c(C(C)C)c(=O)[nH]1. The van der Waals surface area contributed by atoms with Gasteiger partial charge in [0.15, 0.2) is 0 Å². The van der Waals surface area contributed by atoms with Gasteiger partial charge in [0.2, 0.25) is 0 Å². The first-order valence-electron chi connectivity index (χ1n) is 6.61. The molecule has 0 saturated heterocycles. The predicted molar refractivity (Wildman–Crippen MR) is 73.0 cm³/mol. The molecular formula is C14H24N2O2. The number of H-pyrrole nitrogens is 1. The fourth-order valence-corrected chi connectivity index (χ4v) is 2.18. The minimum atomic E-state index is -0.520. The van der Waals surface area contributed by atoms with Crippen LogP contribution >= 0.6 is 0 Å². The van der Waals surface area contributed by atoms with Crippen molar-refractivity contribution in [2.45, 2.75) is 59.5 Å². The third-order valence-electron chi connectivity index (χ3n) is 3.36. The Labute approximate surface area is 109 Å². The zero-order chi connectivity index (χ0) is 13.9. The normalized spacial score (nSPS) is 14.8. The highest BCUT2D eigenvalue weighted by Crippen LogP contribution is 2.26. The average molecular weight is 252 g/mol. The lowest BCUT2D eigenvalue weighted by Crippen LogP contribution is -2.32. The molecule has 0 spiro atoms. The summed E-state index contributed by atoms with van der Waals surface area (Å²) in [5.41, 5.74) is 0.984.